The summed E-state index contributed by atoms with van der Waals surface area (Å²) in [5.41, 5.74) is 4.75. The third-order valence-electron chi connectivity index (χ3n) is 4.42. The van der Waals surface area contributed by atoms with Crippen molar-refractivity contribution in [3.05, 3.63) is 77.3 Å². The zero-order valence-electron chi connectivity index (χ0n) is 15.3. The Bertz CT molecular complexity index is 1090. The number of halogens is 1. The van der Waals surface area contributed by atoms with Crippen LogP contribution in [0.15, 0.2) is 77.3 Å². The lowest BCUT2D eigenvalue weighted by atomic mass is 10.1. The lowest BCUT2D eigenvalue weighted by Gasteiger charge is -2.07. The fraction of sp³-hybridized carbons (Fsp3) is 0.0870. The number of benzene rings is 3. The summed E-state index contributed by atoms with van der Waals surface area (Å²) in [6.45, 7) is 2.37. The number of phenolic OH excluding ortho intramolecular Hbond substituents is 1. The zero-order valence-corrected chi connectivity index (χ0v) is 16.9. The minimum absolute atomic E-state index is 0.119. The lowest BCUT2D eigenvalue weighted by molar-refractivity contribution is 0.318. The molecule has 1 aromatic heterocycles. The summed E-state index contributed by atoms with van der Waals surface area (Å²) >= 11 is 3.49. The molecule has 0 amide bonds. The Labute approximate surface area is 172 Å². The van der Waals surface area contributed by atoms with Crippen LogP contribution in [0.25, 0.3) is 33.9 Å². The molecule has 0 aliphatic carbocycles. The van der Waals surface area contributed by atoms with E-state index in [0.29, 0.717) is 12.4 Å². The molecule has 140 valence electrons. The molecule has 0 atom stereocenters. The van der Waals surface area contributed by atoms with Gasteiger partial charge in [-0.1, -0.05) is 58.4 Å². The van der Waals surface area contributed by atoms with Crippen molar-refractivity contribution in [2.75, 3.05) is 6.61 Å². The number of H-pyrrole nitrogens is 1. The van der Waals surface area contributed by atoms with E-state index in [0.717, 1.165) is 38.4 Å². The number of phenols is 1. The van der Waals surface area contributed by atoms with Gasteiger partial charge in [-0.05, 0) is 37.3 Å². The first-order valence-electron chi connectivity index (χ1n) is 9.03. The summed E-state index contributed by atoms with van der Waals surface area (Å²) in [5, 5.41) is 9.99. The molecule has 0 spiro atoms. The van der Waals surface area contributed by atoms with E-state index in [9.17, 15) is 5.11 Å². The number of nitrogens with one attached hydrogen (secondary N) is 1. The van der Waals surface area contributed by atoms with Crippen LogP contribution in [0.1, 0.15) is 6.92 Å². The van der Waals surface area contributed by atoms with Crippen LogP contribution < -0.4 is 4.74 Å². The number of aromatic nitrogens is 2. The fourth-order valence-electron chi connectivity index (χ4n) is 3.07. The van der Waals surface area contributed by atoms with Crippen LogP contribution in [0.4, 0.5) is 0 Å². The number of hydrogen-bond donors (Lipinski definition) is 2. The molecule has 1 heterocycles. The minimum Gasteiger partial charge on any atom is -0.504 e. The number of rotatable bonds is 5. The smallest absolute Gasteiger partial charge is 0.161 e. The van der Waals surface area contributed by atoms with Gasteiger partial charge in [0.2, 0.25) is 0 Å². The molecule has 5 heteroatoms. The lowest BCUT2D eigenvalue weighted by Crippen LogP contribution is -1.92. The van der Waals surface area contributed by atoms with Gasteiger partial charge in [0.1, 0.15) is 5.82 Å². The number of ether oxygens (including phenoxy) is 1. The molecule has 0 radical (unpaired) electrons. The Morgan fingerprint density at radius 1 is 0.929 bits per heavy atom. The van der Waals surface area contributed by atoms with Crippen LogP contribution in [-0.4, -0.2) is 21.7 Å². The predicted octanol–water partition coefficient (Wildman–Crippen LogP) is 6.28. The van der Waals surface area contributed by atoms with E-state index in [1.807, 2.05) is 55.5 Å². The van der Waals surface area contributed by atoms with E-state index in [1.165, 1.54) is 0 Å². The monoisotopic (exact) mass is 434 g/mol. The minimum atomic E-state index is 0.119. The highest BCUT2D eigenvalue weighted by atomic mass is 79.9. The summed E-state index contributed by atoms with van der Waals surface area (Å²) in [7, 11) is 0. The van der Waals surface area contributed by atoms with E-state index < -0.39 is 0 Å². The summed E-state index contributed by atoms with van der Waals surface area (Å²) in [6.07, 6.45) is 0. The molecule has 4 nitrogen and oxygen atoms in total. The van der Waals surface area contributed by atoms with Crippen molar-refractivity contribution in [1.29, 1.82) is 0 Å². The molecule has 0 saturated heterocycles. The average molecular weight is 435 g/mol. The third kappa shape index (κ3) is 3.66. The number of imidazole rings is 1. The van der Waals surface area contributed by atoms with Gasteiger partial charge < -0.3 is 14.8 Å². The highest BCUT2D eigenvalue weighted by Crippen LogP contribution is 2.36. The van der Waals surface area contributed by atoms with E-state index in [4.69, 9.17) is 9.72 Å². The topological polar surface area (TPSA) is 58.1 Å². The van der Waals surface area contributed by atoms with Gasteiger partial charge >= 0.3 is 0 Å². The second-order valence-electron chi connectivity index (χ2n) is 6.30. The van der Waals surface area contributed by atoms with Crippen LogP contribution in [0.2, 0.25) is 0 Å². The Hall–Kier alpha value is -3.05. The molecular formula is C23H19BrN2O2. The van der Waals surface area contributed by atoms with Crippen molar-refractivity contribution in [2.45, 2.75) is 6.92 Å². The Balaban J connectivity index is 1.86. The van der Waals surface area contributed by atoms with E-state index in [-0.39, 0.29) is 5.75 Å². The second kappa shape index (κ2) is 7.90. The van der Waals surface area contributed by atoms with Gasteiger partial charge in [0.25, 0.3) is 0 Å². The molecule has 3 aromatic carbocycles. The molecule has 0 fully saturated rings. The second-order valence-corrected chi connectivity index (χ2v) is 7.21. The average Bonchev–Trinajstić information content (AvgIpc) is 3.16. The van der Waals surface area contributed by atoms with Gasteiger partial charge in [-0.25, -0.2) is 4.98 Å². The molecule has 0 saturated carbocycles. The number of aromatic amines is 1. The molecular weight excluding hydrogens is 416 g/mol. The van der Waals surface area contributed by atoms with E-state index >= 15 is 0 Å². The SMILES string of the molecule is CCOc1cc(-c2nc(-c3ccccc3)c(-c3ccc(Br)cc3)[nH]2)ccc1O. The number of hydrogen-bond acceptors (Lipinski definition) is 3. The standard InChI is InChI=1S/C23H19BrN2O2/c1-2-28-20-14-17(10-13-19(20)27)23-25-21(15-6-4-3-5-7-15)22(26-23)16-8-11-18(24)12-9-16/h3-14,27H,2H2,1H3,(H,25,26). The maximum atomic E-state index is 9.99. The van der Waals surface area contributed by atoms with Crippen molar-refractivity contribution in [3.8, 4) is 45.4 Å². The predicted molar refractivity (Wildman–Crippen MR) is 115 cm³/mol. The number of aromatic hydroxyl groups is 1. The van der Waals surface area contributed by atoms with Crippen molar-refractivity contribution in [2.24, 2.45) is 0 Å². The first kappa shape index (κ1) is 18.3. The zero-order chi connectivity index (χ0) is 19.5. The molecule has 0 aliphatic rings. The van der Waals surface area contributed by atoms with Gasteiger partial charge in [-0.3, -0.25) is 0 Å². The molecule has 0 unspecified atom stereocenters. The molecule has 4 rings (SSSR count). The first-order valence-corrected chi connectivity index (χ1v) is 9.82. The normalized spacial score (nSPS) is 10.8. The maximum Gasteiger partial charge on any atom is 0.161 e. The summed E-state index contributed by atoms with van der Waals surface area (Å²) < 4.78 is 6.55. The van der Waals surface area contributed by atoms with Crippen molar-refractivity contribution < 1.29 is 9.84 Å². The summed E-state index contributed by atoms with van der Waals surface area (Å²) in [6, 6.07) is 23.5. The van der Waals surface area contributed by atoms with E-state index in [1.54, 1.807) is 12.1 Å². The largest absolute Gasteiger partial charge is 0.504 e. The Morgan fingerprint density at radius 2 is 1.64 bits per heavy atom. The number of nitrogens with zero attached hydrogens (tertiary/aromatic N) is 1. The maximum absolute atomic E-state index is 9.99. The fourth-order valence-corrected chi connectivity index (χ4v) is 3.34. The Morgan fingerprint density at radius 3 is 2.36 bits per heavy atom. The van der Waals surface area contributed by atoms with Gasteiger partial charge in [-0.15, -0.1) is 0 Å². The summed E-state index contributed by atoms with van der Waals surface area (Å²) in [5.74, 6) is 1.29. The Kier molecular flexibility index (Phi) is 5.17. The van der Waals surface area contributed by atoms with Crippen molar-refractivity contribution in [1.82, 2.24) is 9.97 Å². The van der Waals surface area contributed by atoms with Gasteiger partial charge in [-0.2, -0.15) is 0 Å². The highest BCUT2D eigenvalue weighted by Gasteiger charge is 2.16. The molecule has 28 heavy (non-hydrogen) atoms. The summed E-state index contributed by atoms with van der Waals surface area (Å²) in [4.78, 5) is 8.33. The first-order chi connectivity index (χ1) is 13.7. The molecule has 4 aromatic rings. The molecule has 2 N–H and O–H groups in total. The quantitative estimate of drug-likeness (QED) is 0.388. The highest BCUT2D eigenvalue weighted by molar-refractivity contribution is 9.10. The van der Waals surface area contributed by atoms with E-state index in [2.05, 4.69) is 33.0 Å². The van der Waals surface area contributed by atoms with Gasteiger partial charge in [0, 0.05) is 21.2 Å². The van der Waals surface area contributed by atoms with Crippen molar-refractivity contribution >= 4 is 15.9 Å². The van der Waals surface area contributed by atoms with Crippen molar-refractivity contribution in [3.63, 3.8) is 0 Å². The van der Waals surface area contributed by atoms with Crippen LogP contribution in [0, 0.1) is 0 Å². The van der Waals surface area contributed by atoms with Crippen LogP contribution in [0.5, 0.6) is 11.5 Å². The molecule has 0 aliphatic heterocycles. The van der Waals surface area contributed by atoms with Gasteiger partial charge in [0.15, 0.2) is 11.5 Å². The van der Waals surface area contributed by atoms with Gasteiger partial charge in [0.05, 0.1) is 18.0 Å². The van der Waals surface area contributed by atoms with Crippen LogP contribution in [-0.2, 0) is 0 Å². The van der Waals surface area contributed by atoms with Crippen LogP contribution in [0.3, 0.4) is 0 Å². The molecule has 0 bridgehead atoms. The van der Waals surface area contributed by atoms with Crippen LogP contribution >= 0.6 is 15.9 Å². The third-order valence-corrected chi connectivity index (χ3v) is 4.95.